The van der Waals surface area contributed by atoms with E-state index in [0.717, 1.165) is 25.9 Å². The molecule has 0 aromatic heterocycles. The van der Waals surface area contributed by atoms with Gasteiger partial charge in [0.1, 0.15) is 13.2 Å². The highest BCUT2D eigenvalue weighted by atomic mass is 19.3. The topological polar surface area (TPSA) is 39.7 Å². The van der Waals surface area contributed by atoms with Gasteiger partial charge in [0.2, 0.25) is 0 Å². The molecule has 0 spiro atoms. The fraction of sp³-hybridized carbons (Fsp3) is 1.00. The molecule has 0 unspecified atom stereocenters. The van der Waals surface area contributed by atoms with Crippen LogP contribution in [0.1, 0.15) is 33.1 Å². The number of nitrogens with one attached hydrogen (secondary N) is 1. The summed E-state index contributed by atoms with van der Waals surface area (Å²) in [6, 6.07) is 0. The summed E-state index contributed by atoms with van der Waals surface area (Å²) in [4.78, 5) is 0. The number of rotatable bonds is 11. The Hall–Kier alpha value is -0.300. The first-order chi connectivity index (χ1) is 10.5. The quantitative estimate of drug-likeness (QED) is 0.594. The zero-order valence-corrected chi connectivity index (χ0v) is 13.7. The molecule has 1 aliphatic carbocycles. The van der Waals surface area contributed by atoms with Crippen LogP contribution in [0.2, 0.25) is 0 Å². The zero-order valence-electron chi connectivity index (χ0n) is 13.7. The van der Waals surface area contributed by atoms with Gasteiger partial charge in [0.05, 0.1) is 12.2 Å². The zero-order chi connectivity index (χ0) is 16.0. The van der Waals surface area contributed by atoms with Crippen LogP contribution in [-0.2, 0) is 14.2 Å². The van der Waals surface area contributed by atoms with Crippen LogP contribution in [-0.4, -0.2) is 57.6 Å². The van der Waals surface area contributed by atoms with Crippen molar-refractivity contribution < 1.29 is 23.0 Å². The smallest absolute Gasteiger partial charge is 0.293 e. The molecule has 0 amide bonds. The van der Waals surface area contributed by atoms with E-state index in [-0.39, 0.29) is 12.2 Å². The molecule has 1 saturated heterocycles. The van der Waals surface area contributed by atoms with Gasteiger partial charge in [-0.2, -0.15) is 0 Å². The van der Waals surface area contributed by atoms with E-state index < -0.39 is 19.1 Å². The van der Waals surface area contributed by atoms with E-state index >= 15 is 0 Å². The Morgan fingerprint density at radius 1 is 1.05 bits per heavy atom. The molecule has 1 N–H and O–H groups in total. The Balaban J connectivity index is 1.44. The van der Waals surface area contributed by atoms with Crippen LogP contribution >= 0.6 is 0 Å². The molecule has 0 radical (unpaired) electrons. The fourth-order valence-corrected chi connectivity index (χ4v) is 2.58. The monoisotopic (exact) mass is 321 g/mol. The van der Waals surface area contributed by atoms with Crippen molar-refractivity contribution >= 4 is 0 Å². The first kappa shape index (κ1) is 18.0. The number of hydrogen-bond donors (Lipinski definition) is 1. The fourth-order valence-electron chi connectivity index (χ4n) is 2.58. The summed E-state index contributed by atoms with van der Waals surface area (Å²) in [5.74, 6) is -1.66. The second-order valence-electron chi connectivity index (χ2n) is 6.82. The molecule has 1 saturated carbocycles. The van der Waals surface area contributed by atoms with Crippen LogP contribution in [0, 0.1) is 11.8 Å². The van der Waals surface area contributed by atoms with Crippen molar-refractivity contribution in [3.8, 4) is 0 Å². The van der Waals surface area contributed by atoms with Gasteiger partial charge in [0.25, 0.3) is 5.92 Å². The molecule has 2 fully saturated rings. The maximum atomic E-state index is 13.6. The SMILES string of the molecule is CC(C)C1CC(OCC(F)(F)COCCCOC2CNC2)C1. The van der Waals surface area contributed by atoms with Gasteiger partial charge in [0, 0.05) is 26.3 Å². The van der Waals surface area contributed by atoms with Crippen molar-refractivity contribution in [1.29, 1.82) is 0 Å². The maximum Gasteiger partial charge on any atom is 0.293 e. The van der Waals surface area contributed by atoms with Gasteiger partial charge >= 0.3 is 0 Å². The molecule has 2 aliphatic rings. The van der Waals surface area contributed by atoms with Crippen LogP contribution in [0.4, 0.5) is 8.78 Å². The minimum atomic E-state index is -2.90. The van der Waals surface area contributed by atoms with E-state index in [9.17, 15) is 8.78 Å². The Morgan fingerprint density at radius 2 is 1.77 bits per heavy atom. The molecule has 130 valence electrons. The molecule has 1 aliphatic heterocycles. The molecule has 2 rings (SSSR count). The minimum Gasteiger partial charge on any atom is -0.375 e. The van der Waals surface area contributed by atoms with E-state index in [0.29, 0.717) is 31.5 Å². The average Bonchev–Trinajstić information content (AvgIpc) is 2.33. The van der Waals surface area contributed by atoms with Gasteiger partial charge in [-0.05, 0) is 31.1 Å². The van der Waals surface area contributed by atoms with Crippen molar-refractivity contribution in [3.63, 3.8) is 0 Å². The van der Waals surface area contributed by atoms with Crippen LogP contribution in [0.5, 0.6) is 0 Å². The van der Waals surface area contributed by atoms with Crippen LogP contribution in [0.15, 0.2) is 0 Å². The van der Waals surface area contributed by atoms with Crippen LogP contribution in [0.25, 0.3) is 0 Å². The number of halogens is 2. The highest BCUT2D eigenvalue weighted by molar-refractivity contribution is 4.83. The Labute approximate surface area is 131 Å². The van der Waals surface area contributed by atoms with Crippen LogP contribution < -0.4 is 5.32 Å². The van der Waals surface area contributed by atoms with E-state index in [4.69, 9.17) is 14.2 Å². The summed E-state index contributed by atoms with van der Waals surface area (Å²) < 4.78 is 43.1. The van der Waals surface area contributed by atoms with E-state index in [2.05, 4.69) is 19.2 Å². The molecular formula is C16H29F2NO3. The lowest BCUT2D eigenvalue weighted by atomic mass is 9.75. The Bertz CT molecular complexity index is 319. The lowest BCUT2D eigenvalue weighted by molar-refractivity contribution is -0.157. The normalized spacial score (nSPS) is 26.0. The van der Waals surface area contributed by atoms with Crippen molar-refractivity contribution in [2.75, 3.05) is 39.5 Å². The summed E-state index contributed by atoms with van der Waals surface area (Å²) in [7, 11) is 0. The van der Waals surface area contributed by atoms with E-state index in [1.807, 2.05) is 0 Å². The van der Waals surface area contributed by atoms with Crippen molar-refractivity contribution in [1.82, 2.24) is 5.32 Å². The lowest BCUT2D eigenvalue weighted by Gasteiger charge is -2.38. The second-order valence-corrected chi connectivity index (χ2v) is 6.82. The predicted molar refractivity (Wildman–Crippen MR) is 80.3 cm³/mol. The molecule has 0 aromatic carbocycles. The van der Waals surface area contributed by atoms with E-state index in [1.165, 1.54) is 0 Å². The van der Waals surface area contributed by atoms with Crippen molar-refractivity contribution in [2.24, 2.45) is 11.8 Å². The first-order valence-electron chi connectivity index (χ1n) is 8.36. The molecule has 0 aromatic rings. The predicted octanol–water partition coefficient (Wildman–Crippen LogP) is 2.47. The average molecular weight is 321 g/mol. The Kier molecular flexibility index (Phi) is 6.99. The largest absolute Gasteiger partial charge is 0.375 e. The van der Waals surface area contributed by atoms with Gasteiger partial charge in [-0.25, -0.2) is 8.78 Å². The van der Waals surface area contributed by atoms with Gasteiger partial charge in [-0.3, -0.25) is 0 Å². The third-order valence-electron chi connectivity index (χ3n) is 4.45. The van der Waals surface area contributed by atoms with Crippen molar-refractivity contribution in [3.05, 3.63) is 0 Å². The summed E-state index contributed by atoms with van der Waals surface area (Å²) in [6.07, 6.45) is 2.74. The third-order valence-corrected chi connectivity index (χ3v) is 4.45. The highest BCUT2D eigenvalue weighted by Gasteiger charge is 2.36. The number of alkyl halides is 2. The molecule has 4 nitrogen and oxygen atoms in total. The molecule has 0 atom stereocenters. The molecule has 0 bridgehead atoms. The standard InChI is InChI=1S/C16H29F2NO3/c1-12(2)13-6-14(7-13)22-11-16(17,18)10-20-4-3-5-21-15-8-19-9-15/h12-15,19H,3-11H2,1-2H3. The first-order valence-corrected chi connectivity index (χ1v) is 8.36. The summed E-state index contributed by atoms with van der Waals surface area (Å²) in [5.41, 5.74) is 0. The minimum absolute atomic E-state index is 0.00256. The molecule has 1 heterocycles. The molecule has 6 heteroatoms. The summed E-state index contributed by atoms with van der Waals surface area (Å²) in [5, 5.41) is 3.11. The van der Waals surface area contributed by atoms with Crippen molar-refractivity contribution in [2.45, 2.75) is 51.2 Å². The Morgan fingerprint density at radius 3 is 2.36 bits per heavy atom. The lowest BCUT2D eigenvalue weighted by Crippen LogP contribution is -2.48. The second kappa shape index (κ2) is 8.52. The third kappa shape index (κ3) is 6.07. The van der Waals surface area contributed by atoms with Gasteiger partial charge in [-0.1, -0.05) is 13.8 Å². The molecule has 22 heavy (non-hydrogen) atoms. The highest BCUT2D eigenvalue weighted by Crippen LogP contribution is 2.36. The number of hydrogen-bond acceptors (Lipinski definition) is 4. The molecular weight excluding hydrogens is 292 g/mol. The van der Waals surface area contributed by atoms with E-state index in [1.54, 1.807) is 0 Å². The van der Waals surface area contributed by atoms with Gasteiger partial charge in [-0.15, -0.1) is 0 Å². The van der Waals surface area contributed by atoms with Gasteiger partial charge < -0.3 is 19.5 Å². The van der Waals surface area contributed by atoms with Crippen LogP contribution in [0.3, 0.4) is 0 Å². The maximum absolute atomic E-state index is 13.6. The summed E-state index contributed by atoms with van der Waals surface area (Å²) >= 11 is 0. The number of ether oxygens (including phenoxy) is 3. The summed E-state index contributed by atoms with van der Waals surface area (Å²) in [6.45, 7) is 5.85. The van der Waals surface area contributed by atoms with Gasteiger partial charge in [0.15, 0.2) is 0 Å².